The van der Waals surface area contributed by atoms with Crippen molar-refractivity contribution in [1.29, 1.82) is 0 Å². The molecule has 0 aliphatic carbocycles. The first-order valence-corrected chi connectivity index (χ1v) is 9.29. The molecule has 0 spiro atoms. The van der Waals surface area contributed by atoms with Gasteiger partial charge < -0.3 is 4.74 Å². The Morgan fingerprint density at radius 1 is 1.09 bits per heavy atom. The SMILES string of the molecule is Cc1ccc(S(=O)(=O)/C=C2/OCCC2Cc2ccccc2)cc1. The van der Waals surface area contributed by atoms with E-state index in [1.54, 1.807) is 12.1 Å². The molecule has 0 N–H and O–H groups in total. The highest BCUT2D eigenvalue weighted by molar-refractivity contribution is 7.94. The van der Waals surface area contributed by atoms with Crippen LogP contribution in [0.2, 0.25) is 0 Å². The summed E-state index contributed by atoms with van der Waals surface area (Å²) in [4.78, 5) is 0.310. The van der Waals surface area contributed by atoms with E-state index < -0.39 is 9.84 Å². The predicted molar refractivity (Wildman–Crippen MR) is 90.7 cm³/mol. The number of hydrogen-bond donors (Lipinski definition) is 0. The van der Waals surface area contributed by atoms with Crippen LogP contribution in [-0.2, 0) is 21.0 Å². The Balaban J connectivity index is 1.83. The Hall–Kier alpha value is -2.07. The number of ether oxygens (including phenoxy) is 1. The average molecular weight is 328 g/mol. The zero-order chi connectivity index (χ0) is 16.3. The van der Waals surface area contributed by atoms with Crippen molar-refractivity contribution in [1.82, 2.24) is 0 Å². The molecule has 1 fully saturated rings. The molecule has 0 saturated carbocycles. The zero-order valence-corrected chi connectivity index (χ0v) is 13.9. The summed E-state index contributed by atoms with van der Waals surface area (Å²) >= 11 is 0. The van der Waals surface area contributed by atoms with Crippen LogP contribution in [0.1, 0.15) is 17.5 Å². The highest BCUT2D eigenvalue weighted by Crippen LogP contribution is 2.30. The van der Waals surface area contributed by atoms with Crippen LogP contribution in [0, 0.1) is 12.8 Å². The predicted octanol–water partition coefficient (Wildman–Crippen LogP) is 3.89. The van der Waals surface area contributed by atoms with Crippen LogP contribution < -0.4 is 0 Å². The molecule has 23 heavy (non-hydrogen) atoms. The van der Waals surface area contributed by atoms with Gasteiger partial charge in [-0.25, -0.2) is 8.42 Å². The number of benzene rings is 2. The second-order valence-electron chi connectivity index (χ2n) is 5.90. The lowest BCUT2D eigenvalue weighted by Crippen LogP contribution is -2.06. The smallest absolute Gasteiger partial charge is 0.203 e. The van der Waals surface area contributed by atoms with E-state index in [9.17, 15) is 8.42 Å². The fourth-order valence-corrected chi connectivity index (χ4v) is 3.98. The van der Waals surface area contributed by atoms with Gasteiger partial charge in [-0.2, -0.15) is 0 Å². The monoisotopic (exact) mass is 328 g/mol. The van der Waals surface area contributed by atoms with Gasteiger partial charge in [0.25, 0.3) is 0 Å². The van der Waals surface area contributed by atoms with Crippen molar-refractivity contribution in [2.45, 2.75) is 24.7 Å². The van der Waals surface area contributed by atoms with Crippen molar-refractivity contribution in [3.63, 3.8) is 0 Å². The van der Waals surface area contributed by atoms with E-state index in [4.69, 9.17) is 4.74 Å². The molecule has 4 heteroatoms. The number of sulfone groups is 1. The summed E-state index contributed by atoms with van der Waals surface area (Å²) in [7, 11) is -3.47. The quantitative estimate of drug-likeness (QED) is 0.855. The third kappa shape index (κ3) is 3.82. The van der Waals surface area contributed by atoms with Crippen molar-refractivity contribution < 1.29 is 13.2 Å². The molecule has 0 radical (unpaired) electrons. The molecular weight excluding hydrogens is 308 g/mol. The molecule has 1 aliphatic heterocycles. The maximum atomic E-state index is 12.5. The molecule has 2 aromatic carbocycles. The molecule has 1 atom stereocenters. The summed E-state index contributed by atoms with van der Waals surface area (Å²) in [5, 5.41) is 1.30. The lowest BCUT2D eigenvalue weighted by molar-refractivity contribution is 0.259. The van der Waals surface area contributed by atoms with Crippen LogP contribution in [0.3, 0.4) is 0 Å². The average Bonchev–Trinajstić information content (AvgIpc) is 2.95. The van der Waals surface area contributed by atoms with E-state index in [1.807, 2.05) is 37.3 Å². The molecule has 0 amide bonds. The van der Waals surface area contributed by atoms with Gasteiger partial charge in [0, 0.05) is 5.92 Å². The summed E-state index contributed by atoms with van der Waals surface area (Å²) in [6.07, 6.45) is 1.65. The number of rotatable bonds is 4. The van der Waals surface area contributed by atoms with Crippen molar-refractivity contribution in [3.05, 3.63) is 76.9 Å². The van der Waals surface area contributed by atoms with E-state index in [2.05, 4.69) is 12.1 Å². The summed E-state index contributed by atoms with van der Waals surface area (Å²) in [5.74, 6) is 0.701. The van der Waals surface area contributed by atoms with Crippen LogP contribution >= 0.6 is 0 Å². The summed E-state index contributed by atoms with van der Waals surface area (Å²) in [5.41, 5.74) is 2.23. The van der Waals surface area contributed by atoms with Gasteiger partial charge in [0.15, 0.2) is 0 Å². The Labute approximate surface area is 137 Å². The number of allylic oxidation sites excluding steroid dienone is 1. The second-order valence-corrected chi connectivity index (χ2v) is 7.70. The van der Waals surface area contributed by atoms with Crippen LogP contribution in [-0.4, -0.2) is 15.0 Å². The minimum atomic E-state index is -3.47. The Morgan fingerprint density at radius 2 is 1.78 bits per heavy atom. The van der Waals surface area contributed by atoms with Gasteiger partial charge in [0.1, 0.15) is 5.76 Å². The first-order valence-electron chi connectivity index (χ1n) is 7.75. The summed E-state index contributed by atoms with van der Waals surface area (Å²) < 4.78 is 30.7. The first-order chi connectivity index (χ1) is 11.0. The number of aryl methyl sites for hydroxylation is 1. The van der Waals surface area contributed by atoms with Crippen molar-refractivity contribution in [3.8, 4) is 0 Å². The van der Waals surface area contributed by atoms with Crippen LogP contribution in [0.4, 0.5) is 0 Å². The third-order valence-electron chi connectivity index (χ3n) is 4.08. The van der Waals surface area contributed by atoms with E-state index in [-0.39, 0.29) is 5.92 Å². The van der Waals surface area contributed by atoms with Gasteiger partial charge >= 0.3 is 0 Å². The van der Waals surface area contributed by atoms with Crippen LogP contribution in [0.5, 0.6) is 0 Å². The molecule has 0 aromatic heterocycles. The maximum Gasteiger partial charge on any atom is 0.203 e. The molecule has 2 aromatic rings. The normalized spacial score (nSPS) is 19.7. The first kappa shape index (κ1) is 15.8. The molecule has 1 aliphatic rings. The van der Waals surface area contributed by atoms with Crippen molar-refractivity contribution in [2.24, 2.45) is 5.92 Å². The maximum absolute atomic E-state index is 12.5. The molecule has 3 nitrogen and oxygen atoms in total. The minimum Gasteiger partial charge on any atom is -0.497 e. The van der Waals surface area contributed by atoms with Gasteiger partial charge in [-0.15, -0.1) is 0 Å². The largest absolute Gasteiger partial charge is 0.497 e. The van der Waals surface area contributed by atoms with E-state index in [0.29, 0.717) is 17.3 Å². The highest BCUT2D eigenvalue weighted by atomic mass is 32.2. The molecular formula is C19H20O3S. The molecule has 1 saturated heterocycles. The Morgan fingerprint density at radius 3 is 2.48 bits per heavy atom. The lowest BCUT2D eigenvalue weighted by atomic mass is 9.97. The van der Waals surface area contributed by atoms with Crippen LogP contribution in [0.25, 0.3) is 0 Å². The molecule has 0 bridgehead atoms. The number of hydrogen-bond acceptors (Lipinski definition) is 3. The molecule has 1 unspecified atom stereocenters. The van der Waals surface area contributed by atoms with E-state index in [1.165, 1.54) is 11.0 Å². The third-order valence-corrected chi connectivity index (χ3v) is 5.55. The van der Waals surface area contributed by atoms with Crippen molar-refractivity contribution >= 4 is 9.84 Å². The standard InChI is InChI=1S/C19H20O3S/c1-15-7-9-18(10-8-15)23(20,21)14-19-17(11-12-22-19)13-16-5-3-2-4-6-16/h2-10,14,17H,11-13H2,1H3/b19-14+. The lowest BCUT2D eigenvalue weighted by Gasteiger charge is -2.10. The van der Waals surface area contributed by atoms with Gasteiger partial charge in [0.2, 0.25) is 9.84 Å². The van der Waals surface area contributed by atoms with Gasteiger partial charge in [-0.05, 0) is 37.5 Å². The second kappa shape index (κ2) is 6.59. The van der Waals surface area contributed by atoms with Crippen molar-refractivity contribution in [2.75, 3.05) is 6.61 Å². The van der Waals surface area contributed by atoms with Crippen LogP contribution in [0.15, 0.2) is 70.7 Å². The van der Waals surface area contributed by atoms with Gasteiger partial charge in [-0.1, -0.05) is 48.0 Å². The van der Waals surface area contributed by atoms with Gasteiger partial charge in [0.05, 0.1) is 16.9 Å². The Kier molecular flexibility index (Phi) is 4.53. The van der Waals surface area contributed by atoms with Gasteiger partial charge in [-0.3, -0.25) is 0 Å². The Bertz CT molecular complexity index is 790. The highest BCUT2D eigenvalue weighted by Gasteiger charge is 2.26. The fourth-order valence-electron chi connectivity index (χ4n) is 2.76. The topological polar surface area (TPSA) is 43.4 Å². The van der Waals surface area contributed by atoms with E-state index >= 15 is 0 Å². The summed E-state index contributed by atoms with van der Waals surface area (Å²) in [6.45, 7) is 2.51. The molecule has 120 valence electrons. The molecule has 3 rings (SSSR count). The van der Waals surface area contributed by atoms with E-state index in [0.717, 1.165) is 18.4 Å². The summed E-state index contributed by atoms with van der Waals surface area (Å²) in [6, 6.07) is 17.0. The molecule has 1 heterocycles. The fraction of sp³-hybridized carbons (Fsp3) is 0.263. The zero-order valence-electron chi connectivity index (χ0n) is 13.1. The minimum absolute atomic E-state index is 0.123.